The first kappa shape index (κ1) is 17.5. The number of fused-ring (bicyclic) bond motifs is 1. The van der Waals surface area contributed by atoms with Crippen LogP contribution in [-0.4, -0.2) is 21.8 Å². The van der Waals surface area contributed by atoms with Crippen molar-refractivity contribution in [1.82, 2.24) is 20.8 Å². The number of carbonyl (C=O) groups excluding carboxylic acids is 2. The van der Waals surface area contributed by atoms with Gasteiger partial charge in [0, 0.05) is 5.56 Å². The Morgan fingerprint density at radius 3 is 2.35 bits per heavy atom. The van der Waals surface area contributed by atoms with Crippen LogP contribution in [0.1, 0.15) is 21.7 Å². The van der Waals surface area contributed by atoms with Crippen molar-refractivity contribution < 1.29 is 22.8 Å². The lowest BCUT2D eigenvalue weighted by atomic mass is 10.1. The van der Waals surface area contributed by atoms with E-state index in [2.05, 4.69) is 20.8 Å². The molecule has 1 heterocycles. The predicted octanol–water partition coefficient (Wildman–Crippen LogP) is 2.59. The number of carbonyl (C=O) groups is 2. The van der Waals surface area contributed by atoms with Crippen molar-refractivity contribution >= 4 is 22.8 Å². The molecule has 0 bridgehead atoms. The highest BCUT2D eigenvalue weighted by Gasteiger charge is 2.30. The Kier molecular flexibility index (Phi) is 4.61. The summed E-state index contributed by atoms with van der Waals surface area (Å²) >= 11 is 0. The first-order chi connectivity index (χ1) is 12.3. The van der Waals surface area contributed by atoms with Crippen LogP contribution in [0.2, 0.25) is 0 Å². The molecule has 1 aromatic heterocycles. The van der Waals surface area contributed by atoms with Crippen molar-refractivity contribution in [2.45, 2.75) is 12.6 Å². The van der Waals surface area contributed by atoms with E-state index < -0.39 is 23.6 Å². The van der Waals surface area contributed by atoms with E-state index in [9.17, 15) is 22.8 Å². The van der Waals surface area contributed by atoms with Crippen molar-refractivity contribution in [3.8, 4) is 0 Å². The summed E-state index contributed by atoms with van der Waals surface area (Å²) in [5, 5.41) is 0. The fraction of sp³-hybridized carbons (Fsp3) is 0.118. The summed E-state index contributed by atoms with van der Waals surface area (Å²) in [5.41, 5.74) is 4.97. The number of benzene rings is 2. The number of imidazole rings is 1. The van der Waals surface area contributed by atoms with Gasteiger partial charge in [0.15, 0.2) is 0 Å². The second kappa shape index (κ2) is 6.87. The van der Waals surface area contributed by atoms with Crippen molar-refractivity contribution in [3.63, 3.8) is 0 Å². The quantitative estimate of drug-likeness (QED) is 0.626. The number of alkyl halides is 3. The van der Waals surface area contributed by atoms with E-state index >= 15 is 0 Å². The molecule has 0 saturated carbocycles. The molecule has 0 aliphatic rings. The third-order valence-corrected chi connectivity index (χ3v) is 3.56. The van der Waals surface area contributed by atoms with Gasteiger partial charge in [-0.3, -0.25) is 20.4 Å². The lowest BCUT2D eigenvalue weighted by molar-refractivity contribution is -0.137. The monoisotopic (exact) mass is 362 g/mol. The van der Waals surface area contributed by atoms with Crippen LogP contribution in [0.4, 0.5) is 13.2 Å². The molecular weight excluding hydrogens is 349 g/mol. The molecule has 0 radical (unpaired) electrons. The third-order valence-electron chi connectivity index (χ3n) is 3.56. The van der Waals surface area contributed by atoms with Gasteiger partial charge >= 0.3 is 6.18 Å². The number of rotatable bonds is 3. The van der Waals surface area contributed by atoms with Gasteiger partial charge in [-0.15, -0.1) is 0 Å². The van der Waals surface area contributed by atoms with E-state index in [1.807, 2.05) is 18.2 Å². The van der Waals surface area contributed by atoms with Gasteiger partial charge in [-0.1, -0.05) is 12.1 Å². The fourth-order valence-electron chi connectivity index (χ4n) is 2.29. The largest absolute Gasteiger partial charge is 0.416 e. The summed E-state index contributed by atoms with van der Waals surface area (Å²) < 4.78 is 37.5. The third kappa shape index (κ3) is 4.00. The van der Waals surface area contributed by atoms with E-state index in [4.69, 9.17) is 0 Å². The first-order valence-corrected chi connectivity index (χ1v) is 7.53. The van der Waals surface area contributed by atoms with Gasteiger partial charge in [-0.05, 0) is 36.4 Å². The number of hydrazine groups is 1. The molecule has 6 nitrogen and oxygen atoms in total. The second-order valence-corrected chi connectivity index (χ2v) is 5.45. The van der Waals surface area contributed by atoms with Crippen LogP contribution in [0.15, 0.2) is 48.5 Å². The number of hydrogen-bond donors (Lipinski definition) is 3. The predicted molar refractivity (Wildman–Crippen MR) is 86.9 cm³/mol. The van der Waals surface area contributed by atoms with Crippen LogP contribution in [-0.2, 0) is 17.4 Å². The average Bonchev–Trinajstić information content (AvgIpc) is 3.01. The molecule has 3 rings (SSSR count). The fourth-order valence-corrected chi connectivity index (χ4v) is 2.29. The van der Waals surface area contributed by atoms with Crippen molar-refractivity contribution in [3.05, 3.63) is 65.5 Å². The van der Waals surface area contributed by atoms with Crippen LogP contribution in [0.5, 0.6) is 0 Å². The van der Waals surface area contributed by atoms with Gasteiger partial charge in [0.2, 0.25) is 5.91 Å². The van der Waals surface area contributed by atoms with Gasteiger partial charge in [0.1, 0.15) is 5.82 Å². The van der Waals surface area contributed by atoms with Gasteiger partial charge in [-0.25, -0.2) is 4.98 Å². The van der Waals surface area contributed by atoms with Crippen LogP contribution in [0.3, 0.4) is 0 Å². The Balaban J connectivity index is 1.56. The van der Waals surface area contributed by atoms with Crippen molar-refractivity contribution in [2.75, 3.05) is 0 Å². The number of aromatic amines is 1. The highest BCUT2D eigenvalue weighted by molar-refractivity contribution is 5.95. The smallest absolute Gasteiger partial charge is 0.342 e. The minimum absolute atomic E-state index is 0.0120. The SMILES string of the molecule is O=C(Cc1nc2ccccc2[nH]1)NNC(=O)c1ccc(C(F)(F)F)cc1. The summed E-state index contributed by atoms with van der Waals surface area (Å²) in [6, 6.07) is 10.9. The van der Waals surface area contributed by atoms with Gasteiger partial charge in [0.25, 0.3) is 5.91 Å². The molecule has 26 heavy (non-hydrogen) atoms. The molecular formula is C17H13F3N4O2. The maximum Gasteiger partial charge on any atom is 0.416 e. The number of hydrogen-bond acceptors (Lipinski definition) is 3. The van der Waals surface area contributed by atoms with E-state index in [0.717, 1.165) is 29.8 Å². The minimum Gasteiger partial charge on any atom is -0.342 e. The molecule has 9 heteroatoms. The Morgan fingerprint density at radius 1 is 1.00 bits per heavy atom. The number of para-hydroxylation sites is 2. The molecule has 0 unspecified atom stereocenters. The van der Waals surface area contributed by atoms with Gasteiger partial charge in [-0.2, -0.15) is 13.2 Å². The summed E-state index contributed by atoms with van der Waals surface area (Å²) in [6.45, 7) is 0. The molecule has 0 spiro atoms. The molecule has 0 atom stereocenters. The van der Waals surface area contributed by atoms with Crippen molar-refractivity contribution in [1.29, 1.82) is 0 Å². The van der Waals surface area contributed by atoms with Crippen LogP contribution in [0, 0.1) is 0 Å². The normalized spacial score (nSPS) is 11.3. The van der Waals surface area contributed by atoms with E-state index in [1.54, 1.807) is 6.07 Å². The molecule has 0 saturated heterocycles. The van der Waals surface area contributed by atoms with Crippen molar-refractivity contribution in [2.24, 2.45) is 0 Å². The number of amides is 2. The number of halogens is 3. The highest BCUT2D eigenvalue weighted by Crippen LogP contribution is 2.29. The lowest BCUT2D eigenvalue weighted by Gasteiger charge is -2.09. The summed E-state index contributed by atoms with van der Waals surface area (Å²) in [7, 11) is 0. The van der Waals surface area contributed by atoms with E-state index in [0.29, 0.717) is 11.3 Å². The zero-order valence-corrected chi connectivity index (χ0v) is 13.2. The van der Waals surface area contributed by atoms with Crippen LogP contribution < -0.4 is 10.9 Å². The number of nitrogens with one attached hydrogen (secondary N) is 3. The number of nitrogens with zero attached hydrogens (tertiary/aromatic N) is 1. The molecule has 0 aliphatic heterocycles. The van der Waals surface area contributed by atoms with Crippen LogP contribution >= 0.6 is 0 Å². The molecule has 2 amide bonds. The Bertz CT molecular complexity index is 916. The topological polar surface area (TPSA) is 86.9 Å². The zero-order valence-electron chi connectivity index (χ0n) is 13.2. The molecule has 3 N–H and O–H groups in total. The zero-order chi connectivity index (χ0) is 18.7. The molecule has 134 valence electrons. The van der Waals surface area contributed by atoms with Gasteiger partial charge in [0.05, 0.1) is 23.0 Å². The Labute approximate surface area is 145 Å². The summed E-state index contributed by atoms with van der Waals surface area (Å²) in [6.07, 6.45) is -4.57. The van der Waals surface area contributed by atoms with Gasteiger partial charge < -0.3 is 4.98 Å². The number of H-pyrrole nitrogens is 1. The summed E-state index contributed by atoms with van der Waals surface area (Å²) in [4.78, 5) is 31.0. The molecule has 2 aromatic carbocycles. The van der Waals surface area contributed by atoms with E-state index in [-0.39, 0.29) is 12.0 Å². The minimum atomic E-state index is -4.48. The van der Waals surface area contributed by atoms with Crippen LogP contribution in [0.25, 0.3) is 11.0 Å². The maximum absolute atomic E-state index is 12.5. The molecule has 0 fully saturated rings. The first-order valence-electron chi connectivity index (χ1n) is 7.53. The molecule has 0 aliphatic carbocycles. The average molecular weight is 362 g/mol. The second-order valence-electron chi connectivity index (χ2n) is 5.45. The van der Waals surface area contributed by atoms with E-state index in [1.165, 1.54) is 0 Å². The molecule has 3 aromatic rings. The standard InChI is InChI=1S/C17H13F3N4O2/c18-17(19,20)11-7-5-10(6-8-11)16(26)24-23-15(25)9-14-21-12-3-1-2-4-13(12)22-14/h1-8H,9H2,(H,21,22)(H,23,25)(H,24,26). The Morgan fingerprint density at radius 2 is 1.69 bits per heavy atom. The highest BCUT2D eigenvalue weighted by atomic mass is 19.4. The lowest BCUT2D eigenvalue weighted by Crippen LogP contribution is -2.42. The Hall–Kier alpha value is -3.36. The summed E-state index contributed by atoms with van der Waals surface area (Å²) in [5.74, 6) is -0.825. The maximum atomic E-state index is 12.5. The number of aromatic nitrogens is 2.